The molecule has 72 valence electrons. The molecule has 1 aromatic rings. The minimum atomic E-state index is -0.861. The Morgan fingerprint density at radius 1 is 1.38 bits per heavy atom. The monoisotopic (exact) mass is 185 g/mol. The van der Waals surface area contributed by atoms with Gasteiger partial charge in [-0.3, -0.25) is 0 Å². The summed E-state index contributed by atoms with van der Waals surface area (Å²) in [5.41, 5.74) is 0.329. The Labute approximate surface area is 75.8 Å². The Morgan fingerprint density at radius 2 is 2.08 bits per heavy atom. The van der Waals surface area contributed by atoms with Crippen LogP contribution in [0.1, 0.15) is 0 Å². The van der Waals surface area contributed by atoms with Crippen molar-refractivity contribution in [3.8, 4) is 0 Å². The average molecular weight is 185 g/mol. The minimum Gasteiger partial charge on any atom is -0.394 e. The highest BCUT2D eigenvalue weighted by atomic mass is 19.1. The van der Waals surface area contributed by atoms with E-state index in [1.54, 1.807) is 18.2 Å². The number of para-hydroxylation sites is 1. The van der Waals surface area contributed by atoms with E-state index in [1.165, 1.54) is 6.07 Å². The smallest absolute Gasteiger partial charge is 0.146 e. The lowest BCUT2D eigenvalue weighted by atomic mass is 10.3. The third-order valence-corrected chi connectivity index (χ3v) is 1.61. The summed E-state index contributed by atoms with van der Waals surface area (Å²) in [6, 6.07) is 6.17. The van der Waals surface area contributed by atoms with Crippen LogP contribution in [0.5, 0.6) is 0 Å². The van der Waals surface area contributed by atoms with Crippen molar-refractivity contribution in [2.45, 2.75) is 6.10 Å². The predicted octanol–water partition coefficient (Wildman–Crippen LogP) is 0.591. The van der Waals surface area contributed by atoms with Gasteiger partial charge in [-0.05, 0) is 12.1 Å². The van der Waals surface area contributed by atoms with E-state index < -0.39 is 6.10 Å². The van der Waals surface area contributed by atoms with Crippen molar-refractivity contribution in [3.05, 3.63) is 30.1 Å². The highest BCUT2D eigenvalue weighted by molar-refractivity contribution is 5.44. The summed E-state index contributed by atoms with van der Waals surface area (Å²) in [6.45, 7) is -0.196. The van der Waals surface area contributed by atoms with Crippen LogP contribution >= 0.6 is 0 Å². The molecule has 0 bridgehead atoms. The van der Waals surface area contributed by atoms with Crippen molar-refractivity contribution in [1.82, 2.24) is 0 Å². The first-order chi connectivity index (χ1) is 6.24. The summed E-state index contributed by atoms with van der Waals surface area (Å²) in [7, 11) is 0. The fraction of sp³-hybridized carbons (Fsp3) is 0.333. The molecule has 0 aliphatic heterocycles. The number of aliphatic hydroxyl groups is 2. The van der Waals surface area contributed by atoms with E-state index in [-0.39, 0.29) is 19.0 Å². The minimum absolute atomic E-state index is 0.136. The highest BCUT2D eigenvalue weighted by Gasteiger charge is 2.03. The maximum absolute atomic E-state index is 12.9. The first kappa shape index (κ1) is 9.95. The fourth-order valence-electron chi connectivity index (χ4n) is 0.897. The number of rotatable bonds is 4. The molecule has 13 heavy (non-hydrogen) atoms. The Bertz CT molecular complexity index is 268. The molecule has 0 unspecified atom stereocenters. The second-order valence-corrected chi connectivity index (χ2v) is 2.70. The molecule has 0 fully saturated rings. The Morgan fingerprint density at radius 3 is 2.69 bits per heavy atom. The maximum Gasteiger partial charge on any atom is 0.146 e. The molecule has 1 atom stereocenters. The van der Waals surface area contributed by atoms with Gasteiger partial charge in [0.25, 0.3) is 0 Å². The first-order valence-corrected chi connectivity index (χ1v) is 4.01. The van der Waals surface area contributed by atoms with Crippen LogP contribution in [-0.4, -0.2) is 29.5 Å². The van der Waals surface area contributed by atoms with Gasteiger partial charge >= 0.3 is 0 Å². The largest absolute Gasteiger partial charge is 0.394 e. The molecule has 0 radical (unpaired) electrons. The molecule has 4 heteroatoms. The molecule has 0 saturated carbocycles. The molecule has 0 heterocycles. The van der Waals surface area contributed by atoms with Gasteiger partial charge in [-0.25, -0.2) is 4.39 Å². The second kappa shape index (κ2) is 4.79. The second-order valence-electron chi connectivity index (χ2n) is 2.70. The van der Waals surface area contributed by atoms with Gasteiger partial charge in [0.1, 0.15) is 5.82 Å². The average Bonchev–Trinajstić information content (AvgIpc) is 2.16. The first-order valence-electron chi connectivity index (χ1n) is 4.01. The summed E-state index contributed by atoms with van der Waals surface area (Å²) < 4.78 is 12.9. The van der Waals surface area contributed by atoms with E-state index in [9.17, 15) is 4.39 Å². The van der Waals surface area contributed by atoms with Gasteiger partial charge in [0.05, 0.1) is 18.4 Å². The fourth-order valence-corrected chi connectivity index (χ4v) is 0.897. The molecule has 0 saturated heterocycles. The molecular weight excluding hydrogens is 173 g/mol. The van der Waals surface area contributed by atoms with Gasteiger partial charge in [-0.15, -0.1) is 0 Å². The van der Waals surface area contributed by atoms with Crippen molar-refractivity contribution >= 4 is 5.69 Å². The van der Waals surface area contributed by atoms with Gasteiger partial charge in [-0.2, -0.15) is 0 Å². The van der Waals surface area contributed by atoms with Crippen LogP contribution in [-0.2, 0) is 0 Å². The van der Waals surface area contributed by atoms with Crippen molar-refractivity contribution < 1.29 is 14.6 Å². The van der Waals surface area contributed by atoms with Crippen LogP contribution in [0.3, 0.4) is 0 Å². The predicted molar refractivity (Wildman–Crippen MR) is 48.0 cm³/mol. The van der Waals surface area contributed by atoms with Crippen LogP contribution in [0.15, 0.2) is 24.3 Å². The van der Waals surface area contributed by atoms with Crippen LogP contribution < -0.4 is 5.32 Å². The van der Waals surface area contributed by atoms with Crippen molar-refractivity contribution in [2.24, 2.45) is 0 Å². The van der Waals surface area contributed by atoms with Crippen molar-refractivity contribution in [2.75, 3.05) is 18.5 Å². The third-order valence-electron chi connectivity index (χ3n) is 1.61. The highest BCUT2D eigenvalue weighted by Crippen LogP contribution is 2.11. The van der Waals surface area contributed by atoms with Crippen molar-refractivity contribution in [1.29, 1.82) is 0 Å². The van der Waals surface area contributed by atoms with Gasteiger partial charge in [0.15, 0.2) is 0 Å². The van der Waals surface area contributed by atoms with Crippen molar-refractivity contribution in [3.63, 3.8) is 0 Å². The number of anilines is 1. The Balaban J connectivity index is 2.50. The van der Waals surface area contributed by atoms with E-state index in [0.29, 0.717) is 5.69 Å². The van der Waals surface area contributed by atoms with E-state index in [2.05, 4.69) is 5.32 Å². The van der Waals surface area contributed by atoms with Crippen LogP contribution in [0.2, 0.25) is 0 Å². The van der Waals surface area contributed by atoms with E-state index in [1.807, 2.05) is 0 Å². The standard InChI is InChI=1S/C9H12FNO2/c10-8-3-1-2-4-9(8)11-5-7(13)6-12/h1-4,7,11-13H,5-6H2/t7-/m0/s1. The molecule has 1 aromatic carbocycles. The molecule has 0 aromatic heterocycles. The number of hydrogen-bond acceptors (Lipinski definition) is 3. The molecule has 0 aliphatic carbocycles. The molecule has 3 N–H and O–H groups in total. The molecule has 0 spiro atoms. The number of halogens is 1. The van der Waals surface area contributed by atoms with E-state index >= 15 is 0 Å². The third kappa shape index (κ3) is 3.01. The van der Waals surface area contributed by atoms with Gasteiger partial charge in [-0.1, -0.05) is 12.1 Å². The summed E-state index contributed by atoms with van der Waals surface area (Å²) in [4.78, 5) is 0. The van der Waals surface area contributed by atoms with E-state index in [4.69, 9.17) is 10.2 Å². The lowest BCUT2D eigenvalue weighted by Gasteiger charge is -2.10. The molecular formula is C9H12FNO2. The number of aliphatic hydroxyl groups excluding tert-OH is 2. The SMILES string of the molecule is OC[C@@H](O)CNc1ccccc1F. The Kier molecular flexibility index (Phi) is 3.67. The molecule has 3 nitrogen and oxygen atoms in total. The van der Waals surface area contributed by atoms with Crippen LogP contribution in [0.25, 0.3) is 0 Å². The Hall–Kier alpha value is -1.13. The summed E-state index contributed by atoms with van der Waals surface area (Å²) in [6.07, 6.45) is -0.861. The molecule has 1 rings (SSSR count). The maximum atomic E-state index is 12.9. The number of benzene rings is 1. The zero-order valence-electron chi connectivity index (χ0n) is 7.07. The van der Waals surface area contributed by atoms with Crippen LogP contribution in [0, 0.1) is 5.82 Å². The normalized spacial score (nSPS) is 12.5. The quantitative estimate of drug-likeness (QED) is 0.643. The molecule has 0 amide bonds. The topological polar surface area (TPSA) is 52.5 Å². The number of nitrogens with one attached hydrogen (secondary N) is 1. The van der Waals surface area contributed by atoms with Gasteiger partial charge in [0.2, 0.25) is 0 Å². The summed E-state index contributed by atoms with van der Waals surface area (Å²) in [5, 5.41) is 20.2. The lowest BCUT2D eigenvalue weighted by Crippen LogP contribution is -2.23. The summed E-state index contributed by atoms with van der Waals surface area (Å²) in [5.74, 6) is -0.368. The van der Waals surface area contributed by atoms with Gasteiger partial charge in [0, 0.05) is 6.54 Å². The van der Waals surface area contributed by atoms with Gasteiger partial charge < -0.3 is 15.5 Å². The molecule has 0 aliphatic rings. The zero-order valence-corrected chi connectivity index (χ0v) is 7.07. The summed E-state index contributed by atoms with van der Waals surface area (Å²) >= 11 is 0. The zero-order chi connectivity index (χ0) is 9.68. The lowest BCUT2D eigenvalue weighted by molar-refractivity contribution is 0.105. The number of hydrogen-bond donors (Lipinski definition) is 3. The van der Waals surface area contributed by atoms with Crippen LogP contribution in [0.4, 0.5) is 10.1 Å². The van der Waals surface area contributed by atoms with E-state index in [0.717, 1.165) is 0 Å².